The smallest absolute Gasteiger partial charge is 0.0398 e. The van der Waals surface area contributed by atoms with E-state index in [0.29, 0.717) is 6.04 Å². The summed E-state index contributed by atoms with van der Waals surface area (Å²) in [5, 5.41) is 0.948. The van der Waals surface area contributed by atoms with Gasteiger partial charge in [0.1, 0.15) is 0 Å². The Morgan fingerprint density at radius 2 is 2.19 bits per heavy atom. The highest BCUT2D eigenvalue weighted by Gasteiger charge is 2.19. The molecule has 1 unspecified atom stereocenters. The number of nitrogens with zero attached hydrogens (tertiary/aromatic N) is 1. The summed E-state index contributed by atoms with van der Waals surface area (Å²) in [5.74, 6) is 0. The van der Waals surface area contributed by atoms with Gasteiger partial charge in [0.2, 0.25) is 0 Å². The van der Waals surface area contributed by atoms with Crippen LogP contribution in [0, 0.1) is 6.92 Å². The lowest BCUT2D eigenvalue weighted by Crippen LogP contribution is -2.37. The van der Waals surface area contributed by atoms with Gasteiger partial charge < -0.3 is 4.90 Å². The van der Waals surface area contributed by atoms with E-state index in [0.717, 1.165) is 5.33 Å². The summed E-state index contributed by atoms with van der Waals surface area (Å²) >= 11 is 3.51. The van der Waals surface area contributed by atoms with Crippen LogP contribution in [-0.2, 0) is 5.33 Å². The van der Waals surface area contributed by atoms with Crippen LogP contribution in [0.2, 0.25) is 0 Å². The normalized spacial score (nSPS) is 21.2. The van der Waals surface area contributed by atoms with Gasteiger partial charge in [0.25, 0.3) is 0 Å². The third-order valence-electron chi connectivity index (χ3n) is 3.53. The number of rotatable bonds is 2. The van der Waals surface area contributed by atoms with E-state index in [2.05, 4.69) is 52.9 Å². The van der Waals surface area contributed by atoms with E-state index in [-0.39, 0.29) is 0 Å². The molecule has 0 spiro atoms. The van der Waals surface area contributed by atoms with Gasteiger partial charge in [-0.2, -0.15) is 0 Å². The van der Waals surface area contributed by atoms with Crippen molar-refractivity contribution in [1.29, 1.82) is 0 Å². The first kappa shape index (κ1) is 12.0. The second kappa shape index (κ2) is 5.22. The van der Waals surface area contributed by atoms with E-state index in [1.165, 1.54) is 42.6 Å². The molecule has 88 valence electrons. The van der Waals surface area contributed by atoms with Crippen molar-refractivity contribution in [1.82, 2.24) is 0 Å². The molecule has 0 radical (unpaired) electrons. The quantitative estimate of drug-likeness (QED) is 0.732. The Morgan fingerprint density at radius 1 is 1.38 bits per heavy atom. The third-order valence-corrected chi connectivity index (χ3v) is 4.18. The van der Waals surface area contributed by atoms with Gasteiger partial charge in [0.15, 0.2) is 0 Å². The van der Waals surface area contributed by atoms with Crippen molar-refractivity contribution in [3.05, 3.63) is 29.3 Å². The lowest BCUT2D eigenvalue weighted by Gasteiger charge is -2.36. The van der Waals surface area contributed by atoms with Crippen molar-refractivity contribution in [3.8, 4) is 0 Å². The van der Waals surface area contributed by atoms with Crippen LogP contribution in [0.4, 0.5) is 5.69 Å². The van der Waals surface area contributed by atoms with Gasteiger partial charge >= 0.3 is 0 Å². The Morgan fingerprint density at radius 3 is 2.81 bits per heavy atom. The van der Waals surface area contributed by atoms with Crippen molar-refractivity contribution < 1.29 is 0 Å². The van der Waals surface area contributed by atoms with Crippen LogP contribution >= 0.6 is 15.9 Å². The standard InChI is InChI=1S/C14H20BrN/c1-11-9-13(10-15)6-7-14(11)16-8-4-3-5-12(16)2/h6-7,9,12H,3-5,8,10H2,1-2H3. The fourth-order valence-corrected chi connectivity index (χ4v) is 2.93. The Labute approximate surface area is 107 Å². The molecule has 1 aromatic carbocycles. The molecule has 1 heterocycles. The van der Waals surface area contributed by atoms with E-state index < -0.39 is 0 Å². The van der Waals surface area contributed by atoms with Crippen molar-refractivity contribution in [2.45, 2.75) is 44.5 Å². The van der Waals surface area contributed by atoms with Crippen LogP contribution in [0.25, 0.3) is 0 Å². The summed E-state index contributed by atoms with van der Waals surface area (Å²) in [7, 11) is 0. The minimum Gasteiger partial charge on any atom is -0.369 e. The first-order valence-corrected chi connectivity index (χ1v) is 7.26. The monoisotopic (exact) mass is 281 g/mol. The number of hydrogen-bond acceptors (Lipinski definition) is 1. The van der Waals surface area contributed by atoms with Gasteiger partial charge in [-0.3, -0.25) is 0 Å². The fraction of sp³-hybridized carbons (Fsp3) is 0.571. The first-order valence-electron chi connectivity index (χ1n) is 6.14. The third kappa shape index (κ3) is 2.42. The van der Waals surface area contributed by atoms with Crippen molar-refractivity contribution in [2.75, 3.05) is 11.4 Å². The lowest BCUT2D eigenvalue weighted by molar-refractivity contribution is 0.484. The molecule has 1 fully saturated rings. The molecule has 1 atom stereocenters. The summed E-state index contributed by atoms with van der Waals surface area (Å²) in [6.45, 7) is 5.79. The zero-order valence-corrected chi connectivity index (χ0v) is 11.8. The molecular weight excluding hydrogens is 262 g/mol. The highest BCUT2D eigenvalue weighted by atomic mass is 79.9. The average Bonchev–Trinajstić information content (AvgIpc) is 2.30. The molecule has 2 rings (SSSR count). The molecular formula is C14H20BrN. The zero-order valence-electron chi connectivity index (χ0n) is 10.2. The van der Waals surface area contributed by atoms with Crippen LogP contribution in [0.3, 0.4) is 0 Å². The number of hydrogen-bond donors (Lipinski definition) is 0. The maximum absolute atomic E-state index is 3.51. The highest BCUT2D eigenvalue weighted by Crippen LogP contribution is 2.28. The minimum atomic E-state index is 0.697. The SMILES string of the molecule is Cc1cc(CBr)ccc1N1CCCCC1C. The van der Waals surface area contributed by atoms with Crippen LogP contribution in [0.5, 0.6) is 0 Å². The van der Waals surface area contributed by atoms with E-state index in [4.69, 9.17) is 0 Å². The fourth-order valence-electron chi connectivity index (χ4n) is 2.58. The molecule has 1 aliphatic rings. The van der Waals surface area contributed by atoms with Gasteiger partial charge in [-0.15, -0.1) is 0 Å². The van der Waals surface area contributed by atoms with E-state index in [1.807, 2.05) is 0 Å². The van der Waals surface area contributed by atoms with Crippen LogP contribution in [-0.4, -0.2) is 12.6 Å². The van der Waals surface area contributed by atoms with Gasteiger partial charge in [0, 0.05) is 23.6 Å². The van der Waals surface area contributed by atoms with Crippen LogP contribution in [0.15, 0.2) is 18.2 Å². The Kier molecular flexibility index (Phi) is 3.91. The Hall–Kier alpha value is -0.500. The number of piperidine rings is 1. The number of anilines is 1. The van der Waals surface area contributed by atoms with Crippen LogP contribution in [0.1, 0.15) is 37.3 Å². The minimum absolute atomic E-state index is 0.697. The van der Waals surface area contributed by atoms with E-state index in [1.54, 1.807) is 0 Å². The molecule has 1 aromatic rings. The first-order chi connectivity index (χ1) is 7.72. The number of alkyl halides is 1. The predicted octanol–water partition coefficient (Wildman–Crippen LogP) is 4.27. The number of aryl methyl sites for hydroxylation is 1. The largest absolute Gasteiger partial charge is 0.369 e. The molecule has 0 aromatic heterocycles. The van der Waals surface area contributed by atoms with Gasteiger partial charge in [-0.25, -0.2) is 0 Å². The average molecular weight is 282 g/mol. The summed E-state index contributed by atoms with van der Waals surface area (Å²) in [6.07, 6.45) is 4.06. The summed E-state index contributed by atoms with van der Waals surface area (Å²) in [5.41, 5.74) is 4.20. The van der Waals surface area contributed by atoms with Crippen molar-refractivity contribution in [2.24, 2.45) is 0 Å². The van der Waals surface area contributed by atoms with Gasteiger partial charge in [-0.1, -0.05) is 28.1 Å². The van der Waals surface area contributed by atoms with Crippen molar-refractivity contribution in [3.63, 3.8) is 0 Å². The summed E-state index contributed by atoms with van der Waals surface area (Å²) < 4.78 is 0. The molecule has 0 bridgehead atoms. The Balaban J connectivity index is 2.25. The van der Waals surface area contributed by atoms with Gasteiger partial charge in [-0.05, 0) is 50.3 Å². The highest BCUT2D eigenvalue weighted by molar-refractivity contribution is 9.08. The molecule has 16 heavy (non-hydrogen) atoms. The molecule has 1 aliphatic heterocycles. The molecule has 2 heteroatoms. The number of benzene rings is 1. The lowest BCUT2D eigenvalue weighted by atomic mass is 10.0. The van der Waals surface area contributed by atoms with E-state index >= 15 is 0 Å². The predicted molar refractivity (Wildman–Crippen MR) is 74.5 cm³/mol. The maximum atomic E-state index is 3.51. The molecule has 1 nitrogen and oxygen atoms in total. The molecule has 1 saturated heterocycles. The van der Waals surface area contributed by atoms with Crippen molar-refractivity contribution >= 4 is 21.6 Å². The maximum Gasteiger partial charge on any atom is 0.0398 e. The molecule has 0 N–H and O–H groups in total. The zero-order chi connectivity index (χ0) is 11.5. The van der Waals surface area contributed by atoms with Gasteiger partial charge in [0.05, 0.1) is 0 Å². The summed E-state index contributed by atoms with van der Waals surface area (Å²) in [6, 6.07) is 7.51. The van der Waals surface area contributed by atoms with Crippen LogP contribution < -0.4 is 4.90 Å². The second-order valence-corrected chi connectivity index (χ2v) is 5.35. The topological polar surface area (TPSA) is 3.24 Å². The molecule has 0 saturated carbocycles. The summed E-state index contributed by atoms with van der Waals surface area (Å²) in [4.78, 5) is 2.57. The molecule has 0 amide bonds. The Bertz CT molecular complexity index is 362. The van der Waals surface area contributed by atoms with E-state index in [9.17, 15) is 0 Å². The molecule has 0 aliphatic carbocycles. The number of halogens is 1. The second-order valence-electron chi connectivity index (χ2n) is 4.79.